The van der Waals surface area contributed by atoms with Crippen LogP contribution in [0.4, 0.5) is 4.39 Å². The first-order valence-electron chi connectivity index (χ1n) is 2.45. The molecule has 0 saturated carbocycles. The quantitative estimate of drug-likeness (QED) is 0.527. The molecule has 0 aromatic carbocycles. The predicted octanol–water partition coefficient (Wildman–Crippen LogP) is 0.730. The molecule has 1 nitrogen and oxygen atoms in total. The summed E-state index contributed by atoms with van der Waals surface area (Å²) in [6.07, 6.45) is -1.02. The maximum Gasteiger partial charge on any atom is 0.134 e. The molecule has 0 aromatic rings. The molecule has 0 aliphatic heterocycles. The van der Waals surface area contributed by atoms with Gasteiger partial charge in [-0.05, 0) is 6.92 Å². The van der Waals surface area contributed by atoms with Gasteiger partial charge < -0.3 is 5.11 Å². The minimum atomic E-state index is -1.16. The number of hydrogen-bond donors (Lipinski definition) is 1. The van der Waals surface area contributed by atoms with Gasteiger partial charge in [0, 0.05) is 6.42 Å². The van der Waals surface area contributed by atoms with E-state index in [0.717, 1.165) is 0 Å². The van der Waals surface area contributed by atoms with Crippen LogP contribution in [0, 0.1) is 11.8 Å². The summed E-state index contributed by atoms with van der Waals surface area (Å²) in [6, 6.07) is 0. The topological polar surface area (TPSA) is 20.2 Å². The lowest BCUT2D eigenvalue weighted by molar-refractivity contribution is 0.181. The predicted molar refractivity (Wildman–Crippen MR) is 30.0 cm³/mol. The molecule has 0 rings (SSSR count). The number of hydrogen-bond acceptors (Lipinski definition) is 1. The van der Waals surface area contributed by atoms with Gasteiger partial charge >= 0.3 is 0 Å². The van der Waals surface area contributed by atoms with Gasteiger partial charge in [-0.1, -0.05) is 0 Å². The largest absolute Gasteiger partial charge is 0.393 e. The second-order valence-electron chi connectivity index (χ2n) is 1.41. The van der Waals surface area contributed by atoms with Crippen LogP contribution in [0.2, 0.25) is 0 Å². The van der Waals surface area contributed by atoms with E-state index in [9.17, 15) is 4.39 Å². The lowest BCUT2D eigenvalue weighted by Crippen LogP contribution is -2.03. The zero-order valence-electron chi connectivity index (χ0n) is 4.82. The second kappa shape index (κ2) is 4.61. The molecule has 0 unspecified atom stereocenters. The van der Waals surface area contributed by atoms with Crippen LogP contribution < -0.4 is 0 Å². The molecule has 0 fully saturated rings. The standard InChI is InChI=1S/C6H9FO/c1-2-3-4-6(7)5-8/h6,8H,4-5H2,1H3/t6-/m1/s1. The fraction of sp³-hybridized carbons (Fsp3) is 0.667. The van der Waals surface area contributed by atoms with E-state index in [1.165, 1.54) is 0 Å². The van der Waals surface area contributed by atoms with E-state index >= 15 is 0 Å². The Bertz CT molecular complexity index is 101. The van der Waals surface area contributed by atoms with Crippen LogP contribution in [-0.4, -0.2) is 17.9 Å². The van der Waals surface area contributed by atoms with Gasteiger partial charge in [-0.15, -0.1) is 11.8 Å². The average Bonchev–Trinajstić information content (AvgIpc) is 1.83. The first kappa shape index (κ1) is 7.45. The highest BCUT2D eigenvalue weighted by Crippen LogP contribution is 1.92. The molecule has 0 aliphatic rings. The van der Waals surface area contributed by atoms with E-state index in [1.807, 2.05) is 0 Å². The number of halogens is 1. The van der Waals surface area contributed by atoms with Crippen LogP contribution in [0.25, 0.3) is 0 Å². The Hall–Kier alpha value is -0.550. The smallest absolute Gasteiger partial charge is 0.134 e. The van der Waals surface area contributed by atoms with E-state index in [1.54, 1.807) is 6.92 Å². The van der Waals surface area contributed by atoms with Gasteiger partial charge in [0.25, 0.3) is 0 Å². The number of alkyl halides is 1. The summed E-state index contributed by atoms with van der Waals surface area (Å²) in [6.45, 7) is 1.22. The molecule has 2 heteroatoms. The lowest BCUT2D eigenvalue weighted by Gasteiger charge is -1.93. The van der Waals surface area contributed by atoms with Crippen LogP contribution >= 0.6 is 0 Å². The van der Waals surface area contributed by atoms with Crippen molar-refractivity contribution in [2.45, 2.75) is 19.5 Å². The third kappa shape index (κ3) is 3.63. The molecule has 0 bridgehead atoms. The highest BCUT2D eigenvalue weighted by atomic mass is 19.1. The van der Waals surface area contributed by atoms with Crippen molar-refractivity contribution in [3.8, 4) is 11.8 Å². The monoisotopic (exact) mass is 116 g/mol. The highest BCUT2D eigenvalue weighted by molar-refractivity contribution is 4.96. The Morgan fingerprint density at radius 3 is 2.75 bits per heavy atom. The van der Waals surface area contributed by atoms with Crippen molar-refractivity contribution >= 4 is 0 Å². The fourth-order valence-corrected chi connectivity index (χ4v) is 0.277. The summed E-state index contributed by atoms with van der Waals surface area (Å²) in [5.41, 5.74) is 0. The summed E-state index contributed by atoms with van der Waals surface area (Å²) in [5.74, 6) is 5.05. The van der Waals surface area contributed by atoms with Crippen molar-refractivity contribution in [1.29, 1.82) is 0 Å². The van der Waals surface area contributed by atoms with Gasteiger partial charge in [0.05, 0.1) is 6.61 Å². The van der Waals surface area contributed by atoms with Crippen LogP contribution in [-0.2, 0) is 0 Å². The SMILES string of the molecule is CC#CC[C@@H](F)CO. The van der Waals surface area contributed by atoms with Gasteiger partial charge in [-0.3, -0.25) is 0 Å². The molecule has 0 radical (unpaired) electrons. The van der Waals surface area contributed by atoms with Gasteiger partial charge in [0.15, 0.2) is 0 Å². The summed E-state index contributed by atoms with van der Waals surface area (Å²) in [4.78, 5) is 0. The van der Waals surface area contributed by atoms with Gasteiger partial charge in [-0.25, -0.2) is 4.39 Å². The Morgan fingerprint density at radius 2 is 2.38 bits per heavy atom. The average molecular weight is 116 g/mol. The first-order chi connectivity index (χ1) is 3.81. The van der Waals surface area contributed by atoms with Crippen molar-refractivity contribution in [2.24, 2.45) is 0 Å². The maximum atomic E-state index is 12.0. The Kier molecular flexibility index (Phi) is 4.29. The van der Waals surface area contributed by atoms with E-state index in [0.29, 0.717) is 0 Å². The summed E-state index contributed by atoms with van der Waals surface area (Å²) >= 11 is 0. The molecule has 0 saturated heterocycles. The van der Waals surface area contributed by atoms with E-state index in [4.69, 9.17) is 5.11 Å². The van der Waals surface area contributed by atoms with E-state index in [-0.39, 0.29) is 6.42 Å². The summed E-state index contributed by atoms with van der Waals surface area (Å²) in [5, 5.41) is 8.12. The number of aliphatic hydroxyl groups is 1. The number of rotatable bonds is 2. The molecule has 1 N–H and O–H groups in total. The van der Waals surface area contributed by atoms with E-state index < -0.39 is 12.8 Å². The van der Waals surface area contributed by atoms with Crippen molar-refractivity contribution in [2.75, 3.05) is 6.61 Å². The molecule has 0 aromatic heterocycles. The molecule has 8 heavy (non-hydrogen) atoms. The zero-order chi connectivity index (χ0) is 6.41. The van der Waals surface area contributed by atoms with Crippen molar-refractivity contribution in [3.05, 3.63) is 0 Å². The van der Waals surface area contributed by atoms with Crippen LogP contribution in [0.15, 0.2) is 0 Å². The molecule has 46 valence electrons. The van der Waals surface area contributed by atoms with Gasteiger partial charge in [0.1, 0.15) is 6.17 Å². The van der Waals surface area contributed by atoms with Gasteiger partial charge in [0.2, 0.25) is 0 Å². The second-order valence-corrected chi connectivity index (χ2v) is 1.41. The highest BCUT2D eigenvalue weighted by Gasteiger charge is 1.98. The third-order valence-corrected chi connectivity index (χ3v) is 0.698. The lowest BCUT2D eigenvalue weighted by atomic mass is 10.3. The molecular formula is C6H9FO. The zero-order valence-corrected chi connectivity index (χ0v) is 4.82. The van der Waals surface area contributed by atoms with Crippen molar-refractivity contribution < 1.29 is 9.50 Å². The Morgan fingerprint density at radius 1 is 1.75 bits per heavy atom. The Labute approximate surface area is 48.5 Å². The van der Waals surface area contributed by atoms with Crippen LogP contribution in [0.5, 0.6) is 0 Å². The number of aliphatic hydroxyl groups excluding tert-OH is 1. The summed E-state index contributed by atoms with van der Waals surface area (Å²) in [7, 11) is 0. The van der Waals surface area contributed by atoms with Gasteiger partial charge in [-0.2, -0.15) is 0 Å². The third-order valence-electron chi connectivity index (χ3n) is 0.698. The molecule has 0 amide bonds. The van der Waals surface area contributed by atoms with Crippen molar-refractivity contribution in [1.82, 2.24) is 0 Å². The van der Waals surface area contributed by atoms with E-state index in [2.05, 4.69) is 11.8 Å². The Balaban J connectivity index is 3.19. The maximum absolute atomic E-state index is 12.0. The first-order valence-corrected chi connectivity index (χ1v) is 2.45. The normalized spacial score (nSPS) is 11.9. The molecular weight excluding hydrogens is 107 g/mol. The minimum Gasteiger partial charge on any atom is -0.393 e. The molecule has 0 heterocycles. The minimum absolute atomic E-state index is 0.146. The summed E-state index contributed by atoms with van der Waals surface area (Å²) < 4.78 is 12.0. The van der Waals surface area contributed by atoms with Crippen molar-refractivity contribution in [3.63, 3.8) is 0 Å². The van der Waals surface area contributed by atoms with Crippen LogP contribution in [0.1, 0.15) is 13.3 Å². The fourth-order valence-electron chi connectivity index (χ4n) is 0.277. The molecule has 1 atom stereocenters. The van der Waals surface area contributed by atoms with Crippen LogP contribution in [0.3, 0.4) is 0 Å². The molecule has 0 aliphatic carbocycles. The molecule has 0 spiro atoms.